The number of nitrogens with zero attached hydrogens (tertiary/aromatic N) is 3. The normalized spacial score (nSPS) is 21.2. The summed E-state index contributed by atoms with van der Waals surface area (Å²) in [6.07, 6.45) is 0.634. The van der Waals surface area contributed by atoms with Gasteiger partial charge in [-0.15, -0.1) is 0 Å². The molecule has 0 bridgehead atoms. The van der Waals surface area contributed by atoms with Crippen molar-refractivity contribution in [2.75, 3.05) is 23.4 Å². The molecule has 0 unspecified atom stereocenters. The zero-order valence-electron chi connectivity index (χ0n) is 17.2. The first-order valence-electron chi connectivity index (χ1n) is 10.2. The number of ether oxygens (including phenoxy) is 2. The first-order valence-corrected chi connectivity index (χ1v) is 10.2. The number of carbonyl (C=O) groups is 1. The van der Waals surface area contributed by atoms with Gasteiger partial charge in [0.15, 0.2) is 11.8 Å². The summed E-state index contributed by atoms with van der Waals surface area (Å²) in [5.74, 6) is 2.10. The SMILES string of the molecule is C[C@H](Nc1ccc2c(c1)OCC1(CC1)n1cc(N3C(=C=O)OC[C@H]3C(F)F)nc1-2)C(N)=O. The summed E-state index contributed by atoms with van der Waals surface area (Å²) in [6.45, 7) is 1.72. The molecule has 2 aromatic rings. The number of halogens is 2. The van der Waals surface area contributed by atoms with Crippen LogP contribution in [-0.2, 0) is 19.9 Å². The Bertz CT molecular complexity index is 1140. The average Bonchev–Trinajstić information content (AvgIpc) is 3.25. The molecule has 1 saturated carbocycles. The minimum Gasteiger partial charge on any atom is -0.490 e. The monoisotopic (exact) mass is 445 g/mol. The van der Waals surface area contributed by atoms with Crippen molar-refractivity contribution in [1.29, 1.82) is 0 Å². The number of primary amides is 1. The Morgan fingerprint density at radius 2 is 2.16 bits per heavy atom. The molecule has 0 radical (unpaired) electrons. The van der Waals surface area contributed by atoms with Gasteiger partial charge in [0.25, 0.3) is 12.3 Å². The molecule has 9 nitrogen and oxygen atoms in total. The predicted octanol–water partition coefficient (Wildman–Crippen LogP) is 1.86. The fraction of sp³-hybridized carbons (Fsp3) is 0.429. The Labute approximate surface area is 181 Å². The Morgan fingerprint density at radius 3 is 2.81 bits per heavy atom. The molecule has 32 heavy (non-hydrogen) atoms. The van der Waals surface area contributed by atoms with Crippen molar-refractivity contribution in [3.63, 3.8) is 0 Å². The lowest BCUT2D eigenvalue weighted by Gasteiger charge is -2.20. The van der Waals surface area contributed by atoms with Crippen LogP contribution in [0.5, 0.6) is 5.75 Å². The third kappa shape index (κ3) is 3.16. The number of alkyl halides is 2. The second-order valence-electron chi connectivity index (χ2n) is 8.28. The third-order valence-electron chi connectivity index (χ3n) is 6.13. The summed E-state index contributed by atoms with van der Waals surface area (Å²) in [7, 11) is 0. The van der Waals surface area contributed by atoms with E-state index in [1.54, 1.807) is 37.3 Å². The smallest absolute Gasteiger partial charge is 0.284 e. The highest BCUT2D eigenvalue weighted by molar-refractivity contribution is 5.83. The highest BCUT2D eigenvalue weighted by Gasteiger charge is 2.50. The lowest BCUT2D eigenvalue weighted by Crippen LogP contribution is -2.36. The van der Waals surface area contributed by atoms with Crippen LogP contribution in [0.1, 0.15) is 19.8 Å². The van der Waals surface area contributed by atoms with Gasteiger partial charge in [-0.3, -0.25) is 9.69 Å². The summed E-state index contributed by atoms with van der Waals surface area (Å²) in [6, 6.07) is 3.42. The molecular weight excluding hydrogens is 424 g/mol. The van der Waals surface area contributed by atoms with Crippen LogP contribution in [0.4, 0.5) is 20.3 Å². The molecule has 1 amide bonds. The Balaban J connectivity index is 1.57. The van der Waals surface area contributed by atoms with Crippen molar-refractivity contribution in [3.05, 3.63) is 30.3 Å². The zero-order valence-corrected chi connectivity index (χ0v) is 17.2. The van der Waals surface area contributed by atoms with Crippen molar-refractivity contribution < 1.29 is 27.8 Å². The maximum atomic E-state index is 13.6. The van der Waals surface area contributed by atoms with Gasteiger partial charge >= 0.3 is 0 Å². The number of aromatic nitrogens is 2. The summed E-state index contributed by atoms with van der Waals surface area (Å²) in [4.78, 5) is 28.4. The molecular formula is C21H21F2N5O4. The minimum absolute atomic E-state index is 0.199. The number of carbonyl (C=O) groups excluding carboxylic acids is 2. The second-order valence-corrected chi connectivity index (χ2v) is 8.28. The average molecular weight is 445 g/mol. The van der Waals surface area contributed by atoms with E-state index in [1.807, 2.05) is 4.57 Å². The Kier molecular flexibility index (Phi) is 4.59. The van der Waals surface area contributed by atoms with Crippen molar-refractivity contribution in [2.45, 2.75) is 43.8 Å². The van der Waals surface area contributed by atoms with Gasteiger partial charge in [0.05, 0.1) is 11.1 Å². The van der Waals surface area contributed by atoms with E-state index in [0.29, 0.717) is 29.4 Å². The van der Waals surface area contributed by atoms with Gasteiger partial charge in [-0.05, 0) is 31.9 Å². The summed E-state index contributed by atoms with van der Waals surface area (Å²) in [5, 5.41) is 3.02. The van der Waals surface area contributed by atoms with E-state index in [9.17, 15) is 18.4 Å². The van der Waals surface area contributed by atoms with Gasteiger partial charge in [-0.25, -0.2) is 18.6 Å². The fourth-order valence-corrected chi connectivity index (χ4v) is 4.08. The summed E-state index contributed by atoms with van der Waals surface area (Å²) < 4.78 is 40.3. The van der Waals surface area contributed by atoms with Crippen LogP contribution in [0.25, 0.3) is 11.4 Å². The van der Waals surface area contributed by atoms with E-state index in [2.05, 4.69) is 10.3 Å². The molecule has 3 N–H and O–H groups in total. The van der Waals surface area contributed by atoms with Crippen LogP contribution in [0.2, 0.25) is 0 Å². The van der Waals surface area contributed by atoms with Crippen LogP contribution in [0.3, 0.4) is 0 Å². The van der Waals surface area contributed by atoms with Crippen LogP contribution in [-0.4, -0.2) is 53.1 Å². The van der Waals surface area contributed by atoms with Crippen molar-refractivity contribution in [2.24, 2.45) is 5.73 Å². The molecule has 3 aliphatic rings. The zero-order chi connectivity index (χ0) is 22.6. The largest absolute Gasteiger partial charge is 0.490 e. The van der Waals surface area contributed by atoms with Gasteiger partial charge in [0, 0.05) is 18.0 Å². The number of imidazole rings is 1. The Hall–Kier alpha value is -3.59. The second kappa shape index (κ2) is 7.23. The molecule has 11 heteroatoms. The topological polar surface area (TPSA) is 112 Å². The molecule has 2 atom stereocenters. The quantitative estimate of drug-likeness (QED) is 0.676. The molecule has 168 valence electrons. The van der Waals surface area contributed by atoms with Crippen LogP contribution < -0.4 is 20.7 Å². The van der Waals surface area contributed by atoms with Crippen molar-refractivity contribution >= 4 is 23.4 Å². The van der Waals surface area contributed by atoms with E-state index in [-0.39, 0.29) is 23.8 Å². The lowest BCUT2D eigenvalue weighted by atomic mass is 10.1. The van der Waals surface area contributed by atoms with Crippen LogP contribution >= 0.6 is 0 Å². The van der Waals surface area contributed by atoms with E-state index in [1.165, 1.54) is 0 Å². The molecule has 2 fully saturated rings. The summed E-state index contributed by atoms with van der Waals surface area (Å²) in [5.41, 5.74) is 6.31. The van der Waals surface area contributed by atoms with Crippen molar-refractivity contribution in [3.8, 4) is 17.1 Å². The number of nitrogens with two attached hydrogens (primary N) is 1. The summed E-state index contributed by atoms with van der Waals surface area (Å²) >= 11 is 0. The number of hydrogen-bond donors (Lipinski definition) is 2. The van der Waals surface area contributed by atoms with Crippen LogP contribution in [0.15, 0.2) is 30.3 Å². The van der Waals surface area contributed by atoms with E-state index < -0.39 is 24.4 Å². The van der Waals surface area contributed by atoms with Crippen molar-refractivity contribution in [1.82, 2.24) is 9.55 Å². The highest BCUT2D eigenvalue weighted by Crippen LogP contribution is 2.51. The van der Waals surface area contributed by atoms with Crippen LogP contribution in [0, 0.1) is 0 Å². The van der Waals surface area contributed by atoms with Gasteiger partial charge < -0.3 is 25.1 Å². The Morgan fingerprint density at radius 1 is 1.38 bits per heavy atom. The van der Waals surface area contributed by atoms with Gasteiger partial charge in [-0.1, -0.05) is 0 Å². The lowest BCUT2D eigenvalue weighted by molar-refractivity contribution is -0.118. The van der Waals surface area contributed by atoms with E-state index >= 15 is 0 Å². The predicted molar refractivity (Wildman–Crippen MR) is 110 cm³/mol. The molecule has 1 saturated heterocycles. The number of fused-ring (bicyclic) bond motifs is 4. The molecule has 1 aromatic heterocycles. The molecule has 2 aliphatic heterocycles. The maximum Gasteiger partial charge on any atom is 0.284 e. The number of benzene rings is 1. The number of nitrogens with one attached hydrogen (secondary N) is 1. The van der Waals surface area contributed by atoms with Gasteiger partial charge in [-0.2, -0.15) is 0 Å². The van der Waals surface area contributed by atoms with Gasteiger partial charge in [0.2, 0.25) is 5.91 Å². The first kappa shape index (κ1) is 20.3. The van der Waals surface area contributed by atoms with Gasteiger partial charge in [0.1, 0.15) is 36.9 Å². The fourth-order valence-electron chi connectivity index (χ4n) is 4.08. The molecule has 3 heterocycles. The molecule has 1 aliphatic carbocycles. The standard InChI is InChI=1S/C21H21F2N5O4/c1-11(19(24)30)25-12-2-3-13-15(6-12)32-10-21(4-5-21)27-7-16(26-20(13)27)28-14(18(22)23)9-31-17(28)8-29/h2-3,6-7,11,14,18,25H,4-5,9-10H2,1H3,(H2,24,30)/t11-,14-/m0/s1. The number of anilines is 2. The van der Waals surface area contributed by atoms with E-state index in [0.717, 1.165) is 17.7 Å². The number of amides is 1. The minimum atomic E-state index is -2.73. The third-order valence-corrected chi connectivity index (χ3v) is 6.13. The first-order chi connectivity index (χ1) is 15.3. The highest BCUT2D eigenvalue weighted by atomic mass is 19.3. The molecule has 1 spiro atoms. The number of rotatable bonds is 5. The molecule has 1 aromatic carbocycles. The number of hydrogen-bond acceptors (Lipinski definition) is 7. The maximum absolute atomic E-state index is 13.6. The van der Waals surface area contributed by atoms with E-state index in [4.69, 9.17) is 15.2 Å². The molecule has 5 rings (SSSR count).